The molecular weight excluding hydrogens is 402 g/mol. The van der Waals surface area contributed by atoms with Crippen molar-refractivity contribution in [3.05, 3.63) is 64.7 Å². The fourth-order valence-corrected chi connectivity index (χ4v) is 5.21. The van der Waals surface area contributed by atoms with Crippen molar-refractivity contribution < 1.29 is 26.7 Å². The van der Waals surface area contributed by atoms with Crippen LogP contribution in [0.1, 0.15) is 33.9 Å². The average molecular weight is 422 g/mol. The molecule has 1 amide bonds. The molecule has 6 nitrogen and oxygen atoms in total. The maximum Gasteiger partial charge on any atom is 0.254 e. The van der Waals surface area contributed by atoms with Crippen LogP contribution < -0.4 is 5.32 Å². The summed E-state index contributed by atoms with van der Waals surface area (Å²) >= 11 is 0. The van der Waals surface area contributed by atoms with E-state index in [2.05, 4.69) is 5.32 Å². The first-order valence-corrected chi connectivity index (χ1v) is 10.8. The molecule has 0 bridgehead atoms. The lowest BCUT2D eigenvalue weighted by Gasteiger charge is -2.26. The molecule has 1 atom stereocenters. The van der Waals surface area contributed by atoms with Crippen molar-refractivity contribution in [2.24, 2.45) is 0 Å². The number of hydrogen-bond donors (Lipinski definition) is 1. The van der Waals surface area contributed by atoms with Gasteiger partial charge in [-0.3, -0.25) is 4.79 Å². The lowest BCUT2D eigenvalue weighted by Crippen LogP contribution is -2.40. The van der Waals surface area contributed by atoms with Gasteiger partial charge in [-0.25, -0.2) is 17.2 Å². The lowest BCUT2D eigenvalue weighted by atomic mass is 10.1. The molecule has 2 aromatic rings. The molecule has 2 aliphatic rings. The third-order valence-corrected chi connectivity index (χ3v) is 7.20. The van der Waals surface area contributed by atoms with Gasteiger partial charge in [0.2, 0.25) is 10.0 Å². The number of sulfonamides is 1. The second-order valence-corrected chi connectivity index (χ2v) is 8.97. The van der Waals surface area contributed by atoms with Gasteiger partial charge in [0, 0.05) is 13.1 Å². The zero-order chi connectivity index (χ0) is 20.6. The smallest absolute Gasteiger partial charge is 0.254 e. The standard InChI is InChI=1S/C20H20F2N2O4S/c21-17-3-1-2-15-14(17)5-7-19(15)23-20(25)16-12-13(4-6-18(16)22)29(26,27)24-8-10-28-11-9-24/h1-4,6,12,19H,5,7-11H2,(H,23,25). The van der Waals surface area contributed by atoms with Gasteiger partial charge in [-0.15, -0.1) is 0 Å². The molecule has 0 radical (unpaired) electrons. The number of benzene rings is 2. The van der Waals surface area contributed by atoms with Crippen LogP contribution in [0.25, 0.3) is 0 Å². The molecule has 2 aromatic carbocycles. The fraction of sp³-hybridized carbons (Fsp3) is 0.350. The minimum atomic E-state index is -3.86. The molecular formula is C20H20F2N2O4S. The van der Waals surface area contributed by atoms with E-state index in [-0.39, 0.29) is 42.6 Å². The second kappa shape index (κ2) is 7.81. The van der Waals surface area contributed by atoms with Crippen LogP contribution in [0, 0.1) is 11.6 Å². The summed E-state index contributed by atoms with van der Waals surface area (Å²) in [5, 5.41) is 2.70. The SMILES string of the molecule is O=C(NC1CCc2c(F)cccc21)c1cc(S(=O)(=O)N2CCOCC2)ccc1F. The molecule has 0 aromatic heterocycles. The molecule has 4 rings (SSSR count). The van der Waals surface area contributed by atoms with Crippen molar-refractivity contribution in [3.63, 3.8) is 0 Å². The summed E-state index contributed by atoms with van der Waals surface area (Å²) in [6.07, 6.45) is 0.969. The largest absolute Gasteiger partial charge is 0.379 e. The number of halogens is 2. The number of nitrogens with zero attached hydrogens (tertiary/aromatic N) is 1. The molecule has 9 heteroatoms. The molecule has 154 valence electrons. The van der Waals surface area contributed by atoms with Gasteiger partial charge in [0.1, 0.15) is 11.6 Å². The third kappa shape index (κ3) is 3.77. The summed E-state index contributed by atoms with van der Waals surface area (Å²) in [6.45, 7) is 0.966. The summed E-state index contributed by atoms with van der Waals surface area (Å²) in [5.41, 5.74) is 0.849. The molecule has 1 N–H and O–H groups in total. The number of carbonyl (C=O) groups is 1. The Labute approximate surface area is 167 Å². The van der Waals surface area contributed by atoms with Crippen molar-refractivity contribution in [1.29, 1.82) is 0 Å². The summed E-state index contributed by atoms with van der Waals surface area (Å²) in [6, 6.07) is 7.38. The summed E-state index contributed by atoms with van der Waals surface area (Å²) in [5.74, 6) is -1.88. The van der Waals surface area contributed by atoms with Gasteiger partial charge in [-0.05, 0) is 48.2 Å². The van der Waals surface area contributed by atoms with Crippen LogP contribution in [-0.2, 0) is 21.2 Å². The minimum absolute atomic E-state index is 0.149. The van der Waals surface area contributed by atoms with E-state index in [0.717, 1.165) is 18.2 Å². The summed E-state index contributed by atoms with van der Waals surface area (Å²) in [4.78, 5) is 12.5. The van der Waals surface area contributed by atoms with Crippen molar-refractivity contribution in [1.82, 2.24) is 9.62 Å². The predicted molar refractivity (Wildman–Crippen MR) is 101 cm³/mol. The number of nitrogens with one attached hydrogen (secondary N) is 1. The Hall–Kier alpha value is -2.36. The predicted octanol–water partition coefficient (Wildman–Crippen LogP) is 2.40. The van der Waals surface area contributed by atoms with Gasteiger partial charge in [0.15, 0.2) is 0 Å². The van der Waals surface area contributed by atoms with Crippen LogP contribution in [0.2, 0.25) is 0 Å². The minimum Gasteiger partial charge on any atom is -0.379 e. The van der Waals surface area contributed by atoms with E-state index in [0.29, 0.717) is 24.0 Å². The quantitative estimate of drug-likeness (QED) is 0.821. The van der Waals surface area contributed by atoms with Crippen LogP contribution in [-0.4, -0.2) is 44.9 Å². The number of rotatable bonds is 4. The molecule has 0 spiro atoms. The molecule has 1 saturated heterocycles. The van der Waals surface area contributed by atoms with Crippen LogP contribution in [0.3, 0.4) is 0 Å². The fourth-order valence-electron chi connectivity index (χ4n) is 3.77. The number of morpholine rings is 1. The van der Waals surface area contributed by atoms with Crippen molar-refractivity contribution in [2.75, 3.05) is 26.3 Å². The normalized spacial score (nSPS) is 19.7. The first-order valence-electron chi connectivity index (χ1n) is 9.33. The molecule has 1 unspecified atom stereocenters. The monoisotopic (exact) mass is 422 g/mol. The Bertz CT molecular complexity index is 1050. The molecule has 1 aliphatic carbocycles. The number of ether oxygens (including phenoxy) is 1. The Morgan fingerprint density at radius 2 is 1.86 bits per heavy atom. The van der Waals surface area contributed by atoms with E-state index in [1.54, 1.807) is 12.1 Å². The lowest BCUT2D eigenvalue weighted by molar-refractivity contribution is 0.0730. The van der Waals surface area contributed by atoms with E-state index in [1.807, 2.05) is 0 Å². The highest BCUT2D eigenvalue weighted by atomic mass is 32.2. The Morgan fingerprint density at radius 1 is 1.10 bits per heavy atom. The van der Waals surface area contributed by atoms with Crippen molar-refractivity contribution in [3.8, 4) is 0 Å². The maximum atomic E-state index is 14.3. The Balaban J connectivity index is 1.59. The zero-order valence-electron chi connectivity index (χ0n) is 15.5. The average Bonchev–Trinajstić information content (AvgIpc) is 3.13. The first-order chi connectivity index (χ1) is 13.9. The van der Waals surface area contributed by atoms with Crippen LogP contribution in [0.5, 0.6) is 0 Å². The van der Waals surface area contributed by atoms with E-state index in [9.17, 15) is 22.0 Å². The Morgan fingerprint density at radius 3 is 2.62 bits per heavy atom. The highest BCUT2D eigenvalue weighted by Gasteiger charge is 2.30. The molecule has 1 heterocycles. The van der Waals surface area contributed by atoms with Crippen molar-refractivity contribution in [2.45, 2.75) is 23.8 Å². The molecule has 0 saturated carbocycles. The first kappa shape index (κ1) is 19.9. The Kier molecular flexibility index (Phi) is 5.37. The molecule has 29 heavy (non-hydrogen) atoms. The van der Waals surface area contributed by atoms with Crippen LogP contribution in [0.15, 0.2) is 41.3 Å². The van der Waals surface area contributed by atoms with Gasteiger partial charge in [-0.2, -0.15) is 4.31 Å². The summed E-state index contributed by atoms with van der Waals surface area (Å²) < 4.78 is 60.2. The third-order valence-electron chi connectivity index (χ3n) is 5.31. The van der Waals surface area contributed by atoms with Gasteiger partial charge in [0.05, 0.1) is 29.7 Å². The highest BCUT2D eigenvalue weighted by molar-refractivity contribution is 7.89. The molecule has 1 aliphatic heterocycles. The van der Waals surface area contributed by atoms with Crippen LogP contribution in [0.4, 0.5) is 8.78 Å². The summed E-state index contributed by atoms with van der Waals surface area (Å²) in [7, 11) is -3.86. The van der Waals surface area contributed by atoms with Gasteiger partial charge in [-0.1, -0.05) is 12.1 Å². The number of hydrogen-bond acceptors (Lipinski definition) is 4. The number of carbonyl (C=O) groups excluding carboxylic acids is 1. The van der Waals surface area contributed by atoms with E-state index in [1.165, 1.54) is 10.4 Å². The van der Waals surface area contributed by atoms with Gasteiger partial charge < -0.3 is 10.1 Å². The van der Waals surface area contributed by atoms with E-state index in [4.69, 9.17) is 4.74 Å². The zero-order valence-corrected chi connectivity index (χ0v) is 16.3. The van der Waals surface area contributed by atoms with E-state index >= 15 is 0 Å². The maximum absolute atomic E-state index is 14.3. The number of fused-ring (bicyclic) bond motifs is 1. The van der Waals surface area contributed by atoms with Gasteiger partial charge >= 0.3 is 0 Å². The van der Waals surface area contributed by atoms with E-state index < -0.39 is 27.8 Å². The second-order valence-electron chi connectivity index (χ2n) is 7.03. The molecule has 1 fully saturated rings. The van der Waals surface area contributed by atoms with Gasteiger partial charge in [0.25, 0.3) is 5.91 Å². The number of amides is 1. The topological polar surface area (TPSA) is 75.7 Å². The van der Waals surface area contributed by atoms with Crippen molar-refractivity contribution >= 4 is 15.9 Å². The highest BCUT2D eigenvalue weighted by Crippen LogP contribution is 2.33. The van der Waals surface area contributed by atoms with Crippen LogP contribution >= 0.6 is 0 Å².